The summed E-state index contributed by atoms with van der Waals surface area (Å²) in [6.45, 7) is 1.53. The molecule has 19 heavy (non-hydrogen) atoms. The van der Waals surface area contributed by atoms with Crippen molar-refractivity contribution in [2.24, 2.45) is 0 Å². The number of amides is 1. The van der Waals surface area contributed by atoms with E-state index in [4.69, 9.17) is 21.1 Å². The summed E-state index contributed by atoms with van der Waals surface area (Å²) in [7, 11) is 1.36. The second-order valence-corrected chi connectivity index (χ2v) is 4.14. The second-order valence-electron chi connectivity index (χ2n) is 3.76. The molecular weight excluding hydrogens is 273 g/mol. The van der Waals surface area contributed by atoms with Crippen molar-refractivity contribution >= 4 is 17.5 Å². The summed E-state index contributed by atoms with van der Waals surface area (Å²) in [6, 6.07) is 3.99. The minimum absolute atomic E-state index is 0.0538. The molecule has 0 aliphatic rings. The van der Waals surface area contributed by atoms with Crippen molar-refractivity contribution in [3.05, 3.63) is 29.6 Å². The van der Waals surface area contributed by atoms with Crippen LogP contribution in [-0.2, 0) is 4.74 Å². The molecule has 1 aromatic carbocycles. The maximum atomic E-state index is 13.2. The smallest absolute Gasteiger partial charge is 0.251 e. The Labute approximate surface area is 116 Å². The highest BCUT2D eigenvalue weighted by Crippen LogP contribution is 2.17. The fourth-order valence-corrected chi connectivity index (χ4v) is 1.54. The van der Waals surface area contributed by atoms with Crippen LogP contribution in [0.15, 0.2) is 18.2 Å². The molecule has 0 bridgehead atoms. The van der Waals surface area contributed by atoms with E-state index in [1.165, 1.54) is 25.3 Å². The lowest BCUT2D eigenvalue weighted by Crippen LogP contribution is -2.25. The quantitative estimate of drug-likeness (QED) is 0.590. The van der Waals surface area contributed by atoms with Gasteiger partial charge in [-0.05, 0) is 24.6 Å². The van der Waals surface area contributed by atoms with Gasteiger partial charge in [-0.25, -0.2) is 4.39 Å². The first-order valence-electron chi connectivity index (χ1n) is 5.94. The van der Waals surface area contributed by atoms with Crippen LogP contribution in [0.4, 0.5) is 4.39 Å². The number of hydrogen-bond acceptors (Lipinski definition) is 3. The summed E-state index contributed by atoms with van der Waals surface area (Å²) in [5, 5.41) is 2.72. The van der Waals surface area contributed by atoms with Crippen LogP contribution in [0.3, 0.4) is 0 Å². The fraction of sp³-hybridized carbons (Fsp3) is 0.462. The minimum atomic E-state index is -0.492. The summed E-state index contributed by atoms with van der Waals surface area (Å²) < 4.78 is 23.2. The first-order chi connectivity index (χ1) is 9.19. The standard InChI is InChI=1S/C13H17ClFNO3/c1-18-12-9-10(3-4-11(12)15)13(17)16-6-2-7-19-8-5-14/h3-4,9H,2,5-8H2,1H3,(H,16,17). The van der Waals surface area contributed by atoms with Gasteiger partial charge in [0, 0.05) is 24.6 Å². The maximum Gasteiger partial charge on any atom is 0.251 e. The Morgan fingerprint density at radius 3 is 2.89 bits per heavy atom. The van der Waals surface area contributed by atoms with Gasteiger partial charge < -0.3 is 14.8 Å². The van der Waals surface area contributed by atoms with E-state index in [2.05, 4.69) is 5.32 Å². The van der Waals surface area contributed by atoms with E-state index in [1.807, 2.05) is 0 Å². The highest BCUT2D eigenvalue weighted by molar-refractivity contribution is 6.17. The Bertz CT molecular complexity index is 415. The first-order valence-corrected chi connectivity index (χ1v) is 6.48. The molecule has 106 valence electrons. The molecule has 0 aliphatic heterocycles. The van der Waals surface area contributed by atoms with Crippen molar-refractivity contribution in [1.29, 1.82) is 0 Å². The first kappa shape index (κ1) is 15.7. The Morgan fingerprint density at radius 2 is 2.21 bits per heavy atom. The zero-order valence-electron chi connectivity index (χ0n) is 10.7. The molecule has 0 aliphatic carbocycles. The Kier molecular flexibility index (Phi) is 7.22. The molecule has 1 amide bonds. The lowest BCUT2D eigenvalue weighted by atomic mass is 10.2. The van der Waals surface area contributed by atoms with Gasteiger partial charge in [-0.3, -0.25) is 4.79 Å². The second kappa shape index (κ2) is 8.72. The van der Waals surface area contributed by atoms with E-state index in [0.29, 0.717) is 37.6 Å². The molecule has 0 atom stereocenters. The molecule has 1 N–H and O–H groups in total. The highest BCUT2D eigenvalue weighted by atomic mass is 35.5. The van der Waals surface area contributed by atoms with Crippen molar-refractivity contribution in [3.8, 4) is 5.75 Å². The number of alkyl halides is 1. The van der Waals surface area contributed by atoms with E-state index in [-0.39, 0.29) is 11.7 Å². The van der Waals surface area contributed by atoms with E-state index in [1.54, 1.807) is 0 Å². The molecule has 1 aromatic rings. The summed E-state index contributed by atoms with van der Waals surface area (Å²) in [5.74, 6) is -0.246. The van der Waals surface area contributed by atoms with Crippen LogP contribution in [0, 0.1) is 5.82 Å². The lowest BCUT2D eigenvalue weighted by molar-refractivity contribution is 0.0944. The van der Waals surface area contributed by atoms with Crippen molar-refractivity contribution < 1.29 is 18.7 Å². The third-order valence-corrected chi connectivity index (χ3v) is 2.54. The zero-order valence-corrected chi connectivity index (χ0v) is 11.5. The number of rotatable bonds is 8. The number of benzene rings is 1. The monoisotopic (exact) mass is 289 g/mol. The van der Waals surface area contributed by atoms with Gasteiger partial charge >= 0.3 is 0 Å². The normalized spacial score (nSPS) is 10.3. The van der Waals surface area contributed by atoms with Crippen LogP contribution in [0.1, 0.15) is 16.8 Å². The topological polar surface area (TPSA) is 47.6 Å². The van der Waals surface area contributed by atoms with Gasteiger partial charge in [-0.1, -0.05) is 0 Å². The van der Waals surface area contributed by atoms with E-state index in [9.17, 15) is 9.18 Å². The molecule has 0 saturated heterocycles. The van der Waals surface area contributed by atoms with Crippen LogP contribution in [0.25, 0.3) is 0 Å². The molecule has 6 heteroatoms. The molecule has 4 nitrogen and oxygen atoms in total. The van der Waals surface area contributed by atoms with Crippen LogP contribution in [0.5, 0.6) is 5.75 Å². The maximum absolute atomic E-state index is 13.2. The predicted octanol–water partition coefficient (Wildman–Crippen LogP) is 2.21. The fourth-order valence-electron chi connectivity index (χ4n) is 1.44. The zero-order chi connectivity index (χ0) is 14.1. The van der Waals surface area contributed by atoms with Gasteiger partial charge in [0.25, 0.3) is 5.91 Å². The van der Waals surface area contributed by atoms with Crippen LogP contribution in [0.2, 0.25) is 0 Å². The van der Waals surface area contributed by atoms with Crippen molar-refractivity contribution in [3.63, 3.8) is 0 Å². The van der Waals surface area contributed by atoms with Crippen molar-refractivity contribution in [2.75, 3.05) is 32.7 Å². The van der Waals surface area contributed by atoms with Gasteiger partial charge in [-0.15, -0.1) is 11.6 Å². The Balaban J connectivity index is 2.37. The van der Waals surface area contributed by atoms with Gasteiger partial charge in [0.15, 0.2) is 11.6 Å². The van der Waals surface area contributed by atoms with E-state index >= 15 is 0 Å². The third-order valence-electron chi connectivity index (χ3n) is 2.39. The molecular formula is C13H17ClFNO3. The number of nitrogens with one attached hydrogen (secondary N) is 1. The SMILES string of the molecule is COc1cc(C(=O)NCCCOCCCl)ccc1F. The molecule has 0 spiro atoms. The largest absolute Gasteiger partial charge is 0.494 e. The van der Waals surface area contributed by atoms with E-state index in [0.717, 1.165) is 0 Å². The van der Waals surface area contributed by atoms with Crippen LogP contribution < -0.4 is 10.1 Å². The van der Waals surface area contributed by atoms with Gasteiger partial charge in [0.1, 0.15) is 0 Å². The van der Waals surface area contributed by atoms with Crippen LogP contribution >= 0.6 is 11.6 Å². The summed E-state index contributed by atoms with van der Waals surface area (Å²) in [4.78, 5) is 11.8. The lowest BCUT2D eigenvalue weighted by Gasteiger charge is -2.07. The van der Waals surface area contributed by atoms with Gasteiger partial charge in [0.05, 0.1) is 13.7 Å². The molecule has 0 saturated carbocycles. The van der Waals surface area contributed by atoms with E-state index < -0.39 is 5.82 Å². The highest BCUT2D eigenvalue weighted by Gasteiger charge is 2.09. The number of ether oxygens (including phenoxy) is 2. The molecule has 0 heterocycles. The number of carbonyl (C=O) groups excluding carboxylic acids is 1. The number of halogens is 2. The molecule has 0 aromatic heterocycles. The molecule has 0 unspecified atom stereocenters. The summed E-state index contributed by atoms with van der Waals surface area (Å²) in [6.07, 6.45) is 0.695. The molecule has 0 fully saturated rings. The van der Waals surface area contributed by atoms with Crippen molar-refractivity contribution in [2.45, 2.75) is 6.42 Å². The minimum Gasteiger partial charge on any atom is -0.494 e. The number of carbonyl (C=O) groups is 1. The Hall–Kier alpha value is -1.33. The Morgan fingerprint density at radius 1 is 1.42 bits per heavy atom. The molecule has 1 rings (SSSR count). The summed E-state index contributed by atoms with van der Waals surface area (Å²) >= 11 is 5.45. The van der Waals surface area contributed by atoms with Gasteiger partial charge in [-0.2, -0.15) is 0 Å². The average molecular weight is 290 g/mol. The summed E-state index contributed by atoms with van der Waals surface area (Å²) in [5.41, 5.74) is 0.361. The number of methoxy groups -OCH3 is 1. The molecule has 0 radical (unpaired) electrons. The number of hydrogen-bond donors (Lipinski definition) is 1. The van der Waals surface area contributed by atoms with Crippen LogP contribution in [-0.4, -0.2) is 38.7 Å². The van der Waals surface area contributed by atoms with Gasteiger partial charge in [0.2, 0.25) is 0 Å². The predicted molar refractivity (Wildman–Crippen MR) is 71.4 cm³/mol. The average Bonchev–Trinajstić information content (AvgIpc) is 2.43. The van der Waals surface area contributed by atoms with Crippen molar-refractivity contribution in [1.82, 2.24) is 5.32 Å². The third kappa shape index (κ3) is 5.44.